The highest BCUT2D eigenvalue weighted by atomic mass is 35.5. The first-order valence-electron chi connectivity index (χ1n) is 4.94. The number of ketones is 1. The van der Waals surface area contributed by atoms with Gasteiger partial charge < -0.3 is 0 Å². The van der Waals surface area contributed by atoms with Crippen LogP contribution in [0.25, 0.3) is 0 Å². The van der Waals surface area contributed by atoms with Crippen molar-refractivity contribution < 1.29 is 13.2 Å². The van der Waals surface area contributed by atoms with Gasteiger partial charge in [-0.2, -0.15) is 0 Å². The molecule has 0 radical (unpaired) electrons. The molecule has 6 heteroatoms. The van der Waals surface area contributed by atoms with Crippen LogP contribution in [0.3, 0.4) is 0 Å². The van der Waals surface area contributed by atoms with Crippen LogP contribution in [0.1, 0.15) is 22.8 Å². The third-order valence-electron chi connectivity index (χ3n) is 2.32. The Morgan fingerprint density at radius 1 is 1.35 bits per heavy atom. The van der Waals surface area contributed by atoms with Crippen LogP contribution in [0.15, 0.2) is 24.3 Å². The Morgan fingerprint density at radius 2 is 1.94 bits per heavy atom. The lowest BCUT2D eigenvalue weighted by atomic mass is 10.1. The molecule has 17 heavy (non-hydrogen) atoms. The number of aryl methyl sites for hydroxylation is 1. The summed E-state index contributed by atoms with van der Waals surface area (Å²) in [7, 11) is -3.88. The Morgan fingerprint density at radius 3 is 2.41 bits per heavy atom. The summed E-state index contributed by atoms with van der Waals surface area (Å²) in [5, 5.41) is 0. The van der Waals surface area contributed by atoms with Gasteiger partial charge in [-0.1, -0.05) is 53.9 Å². The Bertz CT molecular complexity index is 535. The first-order valence-corrected chi connectivity index (χ1v) is 7.34. The first-order chi connectivity index (χ1) is 7.72. The van der Waals surface area contributed by atoms with Gasteiger partial charge in [0.05, 0.1) is 5.75 Å². The van der Waals surface area contributed by atoms with Crippen molar-refractivity contribution in [3.05, 3.63) is 35.4 Å². The maximum Gasteiger partial charge on any atom is 0.280 e. The number of hydrogen-bond acceptors (Lipinski definition) is 3. The van der Waals surface area contributed by atoms with Gasteiger partial charge in [-0.3, -0.25) is 4.79 Å². The molecule has 0 bridgehead atoms. The lowest BCUT2D eigenvalue weighted by Crippen LogP contribution is -2.36. The minimum absolute atomic E-state index is 0.187. The standard InChI is InChI=1S/C11H12Cl2O3S/c1-3-17(15,16)11(12,13)10(14)9-6-4-5-8(2)7-9/h4-7H,3H2,1-2H3. The van der Waals surface area contributed by atoms with Crippen molar-refractivity contribution in [2.45, 2.75) is 17.5 Å². The van der Waals surface area contributed by atoms with Crippen molar-refractivity contribution in [1.29, 1.82) is 0 Å². The van der Waals surface area contributed by atoms with E-state index in [1.807, 2.05) is 0 Å². The average Bonchev–Trinajstić information content (AvgIpc) is 2.27. The van der Waals surface area contributed by atoms with Crippen LogP contribution in [-0.2, 0) is 9.84 Å². The van der Waals surface area contributed by atoms with E-state index in [1.165, 1.54) is 13.0 Å². The van der Waals surface area contributed by atoms with Gasteiger partial charge in [0.15, 0.2) is 9.84 Å². The van der Waals surface area contributed by atoms with Crippen molar-refractivity contribution in [2.75, 3.05) is 5.75 Å². The van der Waals surface area contributed by atoms with Crippen molar-refractivity contribution in [1.82, 2.24) is 0 Å². The summed E-state index contributed by atoms with van der Waals surface area (Å²) >= 11 is 11.4. The molecule has 0 N–H and O–H groups in total. The van der Waals surface area contributed by atoms with Crippen LogP contribution in [-0.4, -0.2) is 23.6 Å². The second kappa shape index (κ2) is 4.96. The summed E-state index contributed by atoms with van der Waals surface area (Å²) < 4.78 is 20.9. The van der Waals surface area contributed by atoms with Gasteiger partial charge in [0.2, 0.25) is 5.78 Å². The molecule has 0 saturated carbocycles. The maximum atomic E-state index is 12.0. The molecular weight excluding hydrogens is 283 g/mol. The zero-order chi connectivity index (χ0) is 13.3. The van der Waals surface area contributed by atoms with E-state index in [0.717, 1.165) is 5.56 Å². The quantitative estimate of drug-likeness (QED) is 0.634. The monoisotopic (exact) mass is 294 g/mol. The van der Waals surface area contributed by atoms with E-state index in [4.69, 9.17) is 23.2 Å². The van der Waals surface area contributed by atoms with E-state index >= 15 is 0 Å². The van der Waals surface area contributed by atoms with Gasteiger partial charge in [-0.15, -0.1) is 0 Å². The molecule has 1 aromatic carbocycles. The maximum absolute atomic E-state index is 12.0. The lowest BCUT2D eigenvalue weighted by Gasteiger charge is -2.17. The molecule has 0 amide bonds. The van der Waals surface area contributed by atoms with Gasteiger partial charge in [-0.25, -0.2) is 8.42 Å². The number of Topliss-reactive ketones (excluding diaryl/α,β-unsaturated/α-hetero) is 1. The molecule has 0 heterocycles. The van der Waals surface area contributed by atoms with Crippen molar-refractivity contribution in [3.63, 3.8) is 0 Å². The van der Waals surface area contributed by atoms with Crippen LogP contribution < -0.4 is 0 Å². The number of benzene rings is 1. The summed E-state index contributed by atoms with van der Waals surface area (Å²) in [4.78, 5) is 12.0. The van der Waals surface area contributed by atoms with Crippen LogP contribution in [0.5, 0.6) is 0 Å². The van der Waals surface area contributed by atoms with Crippen LogP contribution in [0, 0.1) is 6.92 Å². The zero-order valence-electron chi connectivity index (χ0n) is 9.41. The van der Waals surface area contributed by atoms with Gasteiger partial charge in [0.1, 0.15) is 0 Å². The average molecular weight is 295 g/mol. The van der Waals surface area contributed by atoms with Crippen molar-refractivity contribution in [3.8, 4) is 0 Å². The van der Waals surface area contributed by atoms with Crippen LogP contribution >= 0.6 is 23.2 Å². The molecule has 1 aromatic rings. The number of carbonyl (C=O) groups excluding carboxylic acids is 1. The van der Waals surface area contributed by atoms with E-state index in [2.05, 4.69) is 0 Å². The molecule has 1 rings (SSSR count). The van der Waals surface area contributed by atoms with Gasteiger partial charge >= 0.3 is 0 Å². The second-order valence-electron chi connectivity index (χ2n) is 3.62. The summed E-state index contributed by atoms with van der Waals surface area (Å²) in [5.41, 5.74) is 1.01. The largest absolute Gasteiger partial charge is 0.290 e. The molecule has 94 valence electrons. The normalized spacial score (nSPS) is 12.5. The van der Waals surface area contributed by atoms with E-state index in [1.54, 1.807) is 25.1 Å². The molecule has 0 saturated heterocycles. The topological polar surface area (TPSA) is 51.2 Å². The smallest absolute Gasteiger partial charge is 0.280 e. The van der Waals surface area contributed by atoms with Crippen molar-refractivity contribution in [2.24, 2.45) is 0 Å². The third kappa shape index (κ3) is 2.81. The molecule has 0 atom stereocenters. The molecule has 0 aliphatic carbocycles. The van der Waals surface area contributed by atoms with E-state index in [0.29, 0.717) is 0 Å². The minimum Gasteiger partial charge on any atom is -0.290 e. The summed E-state index contributed by atoms with van der Waals surface area (Å²) in [6, 6.07) is 6.47. The van der Waals surface area contributed by atoms with E-state index in [-0.39, 0.29) is 11.3 Å². The number of alkyl halides is 2. The second-order valence-corrected chi connectivity index (χ2v) is 7.81. The molecule has 0 fully saturated rings. The summed E-state index contributed by atoms with van der Waals surface area (Å²) in [6.07, 6.45) is 0. The predicted molar refractivity (Wildman–Crippen MR) is 69.4 cm³/mol. The van der Waals surface area contributed by atoms with Crippen LogP contribution in [0.2, 0.25) is 0 Å². The highest BCUT2D eigenvalue weighted by Crippen LogP contribution is 2.33. The Labute approximate surface area is 111 Å². The number of carbonyl (C=O) groups is 1. The SMILES string of the molecule is CCS(=O)(=O)C(Cl)(Cl)C(=O)c1cccc(C)c1. The molecular formula is C11H12Cl2O3S. The molecule has 0 aromatic heterocycles. The molecule has 0 aliphatic rings. The fraction of sp³-hybridized carbons (Fsp3) is 0.364. The molecule has 0 spiro atoms. The predicted octanol–water partition coefficient (Wildman–Crippen LogP) is 2.74. The number of rotatable bonds is 4. The number of halogens is 2. The minimum atomic E-state index is -3.88. The lowest BCUT2D eigenvalue weighted by molar-refractivity contribution is 0.0996. The fourth-order valence-electron chi connectivity index (χ4n) is 1.28. The highest BCUT2D eigenvalue weighted by Gasteiger charge is 2.46. The third-order valence-corrected chi connectivity index (χ3v) is 5.80. The molecule has 0 aliphatic heterocycles. The molecule has 0 unspecified atom stereocenters. The summed E-state index contributed by atoms with van der Waals surface area (Å²) in [5.74, 6) is -1.11. The van der Waals surface area contributed by atoms with E-state index < -0.39 is 19.3 Å². The van der Waals surface area contributed by atoms with E-state index in [9.17, 15) is 13.2 Å². The van der Waals surface area contributed by atoms with Crippen molar-refractivity contribution >= 4 is 38.8 Å². The number of hydrogen-bond donors (Lipinski definition) is 0. The Kier molecular flexibility index (Phi) is 4.23. The zero-order valence-corrected chi connectivity index (χ0v) is 11.7. The first kappa shape index (κ1) is 14.5. The van der Waals surface area contributed by atoms with Gasteiger partial charge in [0.25, 0.3) is 3.67 Å². The molecule has 3 nitrogen and oxygen atoms in total. The number of sulfone groups is 1. The Balaban J connectivity index is 3.23. The fourth-order valence-corrected chi connectivity index (χ4v) is 2.91. The summed E-state index contributed by atoms with van der Waals surface area (Å²) in [6.45, 7) is 3.17. The highest BCUT2D eigenvalue weighted by molar-refractivity contribution is 7.96. The van der Waals surface area contributed by atoms with Crippen LogP contribution in [0.4, 0.5) is 0 Å². The van der Waals surface area contributed by atoms with Gasteiger partial charge in [-0.05, 0) is 13.0 Å². The Hall–Kier alpha value is -0.580. The van der Waals surface area contributed by atoms with Gasteiger partial charge in [0, 0.05) is 5.56 Å².